The van der Waals surface area contributed by atoms with E-state index in [1.165, 1.54) is 42.5 Å². The predicted octanol–water partition coefficient (Wildman–Crippen LogP) is 2.89. The van der Waals surface area contributed by atoms with Crippen molar-refractivity contribution in [2.45, 2.75) is 0 Å². The summed E-state index contributed by atoms with van der Waals surface area (Å²) in [4.78, 5) is 38.0. The lowest BCUT2D eigenvalue weighted by atomic mass is 10.1. The fraction of sp³-hybridized carbons (Fsp3) is 0. The van der Waals surface area contributed by atoms with Crippen molar-refractivity contribution >= 4 is 46.3 Å². The van der Waals surface area contributed by atoms with Crippen molar-refractivity contribution in [1.29, 1.82) is 0 Å². The average Bonchev–Trinajstić information content (AvgIpc) is 2.95. The highest BCUT2D eigenvalue weighted by Crippen LogP contribution is 2.31. The first kappa shape index (κ1) is 18.1. The number of nitro benzene ring substituents is 1. The highest BCUT2D eigenvalue weighted by Gasteiger charge is 2.25. The van der Waals surface area contributed by atoms with Gasteiger partial charge in [0.1, 0.15) is 11.3 Å². The van der Waals surface area contributed by atoms with E-state index < -0.39 is 22.5 Å². The van der Waals surface area contributed by atoms with Crippen molar-refractivity contribution in [3.8, 4) is 5.75 Å². The third kappa shape index (κ3) is 3.96. The molecule has 0 aromatic heterocycles. The van der Waals surface area contributed by atoms with Gasteiger partial charge in [-0.05, 0) is 42.1 Å². The molecule has 1 amide bonds. The predicted molar refractivity (Wildman–Crippen MR) is 99.0 cm³/mol. The Hall–Kier alpha value is -3.66. The number of thioether (sulfide) groups is 1. The molecule has 9 nitrogen and oxygen atoms in total. The Morgan fingerprint density at radius 2 is 2.00 bits per heavy atom. The molecular formula is C17H11N3O6S. The summed E-state index contributed by atoms with van der Waals surface area (Å²) in [6.07, 6.45) is 1.39. The average molecular weight is 385 g/mol. The number of benzene rings is 2. The normalized spacial score (nSPS) is 16.5. The fourth-order valence-corrected chi connectivity index (χ4v) is 3.11. The van der Waals surface area contributed by atoms with E-state index in [-0.39, 0.29) is 32.6 Å². The largest absolute Gasteiger partial charge is 0.507 e. The minimum absolute atomic E-state index is 0.131. The van der Waals surface area contributed by atoms with Crippen LogP contribution >= 0.6 is 11.8 Å². The van der Waals surface area contributed by atoms with Gasteiger partial charge in [0.15, 0.2) is 5.17 Å². The van der Waals surface area contributed by atoms with Crippen molar-refractivity contribution in [2.24, 2.45) is 4.99 Å². The van der Waals surface area contributed by atoms with Crippen LogP contribution in [0.1, 0.15) is 15.9 Å². The van der Waals surface area contributed by atoms with E-state index >= 15 is 0 Å². The van der Waals surface area contributed by atoms with Gasteiger partial charge < -0.3 is 15.5 Å². The minimum Gasteiger partial charge on any atom is -0.507 e. The van der Waals surface area contributed by atoms with Crippen molar-refractivity contribution in [3.05, 3.63) is 68.6 Å². The zero-order chi connectivity index (χ0) is 19.6. The number of amides is 1. The number of hydrogen-bond acceptors (Lipinski definition) is 7. The van der Waals surface area contributed by atoms with E-state index in [0.717, 1.165) is 11.8 Å². The van der Waals surface area contributed by atoms with Crippen molar-refractivity contribution in [3.63, 3.8) is 0 Å². The van der Waals surface area contributed by atoms with Crippen LogP contribution in [-0.4, -0.2) is 32.2 Å². The Kier molecular flexibility index (Phi) is 4.90. The molecule has 0 saturated carbocycles. The number of carboxylic acid groups (broad SMARTS) is 1. The topological polar surface area (TPSA) is 142 Å². The van der Waals surface area contributed by atoms with Gasteiger partial charge in [0, 0.05) is 6.07 Å². The Balaban J connectivity index is 1.90. The number of carbonyl (C=O) groups excluding carboxylic acids is 1. The third-order valence-electron chi connectivity index (χ3n) is 3.51. The van der Waals surface area contributed by atoms with Gasteiger partial charge in [-0.1, -0.05) is 12.1 Å². The summed E-state index contributed by atoms with van der Waals surface area (Å²) < 4.78 is 0. The summed E-state index contributed by atoms with van der Waals surface area (Å²) >= 11 is 0.965. The van der Waals surface area contributed by atoms with E-state index in [1.54, 1.807) is 6.07 Å². The van der Waals surface area contributed by atoms with E-state index in [4.69, 9.17) is 5.11 Å². The zero-order valence-corrected chi connectivity index (χ0v) is 14.3. The Morgan fingerprint density at radius 3 is 2.70 bits per heavy atom. The number of aromatic hydroxyl groups is 1. The molecule has 1 aliphatic heterocycles. The molecule has 0 radical (unpaired) electrons. The first-order valence-corrected chi connectivity index (χ1v) is 8.26. The second kappa shape index (κ2) is 7.30. The van der Waals surface area contributed by atoms with Gasteiger partial charge in [-0.25, -0.2) is 9.79 Å². The number of phenols is 1. The van der Waals surface area contributed by atoms with Crippen LogP contribution in [0.5, 0.6) is 5.75 Å². The third-order valence-corrected chi connectivity index (χ3v) is 4.42. The zero-order valence-electron chi connectivity index (χ0n) is 13.4. The van der Waals surface area contributed by atoms with Gasteiger partial charge >= 0.3 is 5.97 Å². The number of hydrogen-bond donors (Lipinski definition) is 3. The molecule has 136 valence electrons. The lowest BCUT2D eigenvalue weighted by Gasteiger charge is -2.01. The molecule has 27 heavy (non-hydrogen) atoms. The van der Waals surface area contributed by atoms with E-state index in [9.17, 15) is 24.8 Å². The smallest absolute Gasteiger partial charge is 0.339 e. The highest BCUT2D eigenvalue weighted by molar-refractivity contribution is 8.18. The molecule has 3 rings (SSSR count). The molecule has 0 atom stereocenters. The molecule has 2 aromatic carbocycles. The van der Waals surface area contributed by atoms with Crippen LogP contribution in [0.2, 0.25) is 0 Å². The molecule has 1 saturated heterocycles. The Bertz CT molecular complexity index is 1030. The lowest BCUT2D eigenvalue weighted by Crippen LogP contribution is -2.19. The first-order valence-electron chi connectivity index (χ1n) is 7.44. The van der Waals surface area contributed by atoms with Gasteiger partial charge in [0.05, 0.1) is 21.1 Å². The number of aliphatic imine (C=N–C) groups is 1. The molecule has 0 unspecified atom stereocenters. The number of para-hydroxylation sites is 1. The van der Waals surface area contributed by atoms with Gasteiger partial charge in [-0.2, -0.15) is 0 Å². The molecule has 0 aliphatic carbocycles. The van der Waals surface area contributed by atoms with Gasteiger partial charge in [-0.3, -0.25) is 14.9 Å². The van der Waals surface area contributed by atoms with Crippen LogP contribution in [0.4, 0.5) is 11.4 Å². The molecule has 3 N–H and O–H groups in total. The maximum atomic E-state index is 12.1. The van der Waals surface area contributed by atoms with Crippen LogP contribution in [0.15, 0.2) is 52.4 Å². The maximum absolute atomic E-state index is 12.1. The summed E-state index contributed by atoms with van der Waals surface area (Å²) in [5, 5.41) is 32.3. The Morgan fingerprint density at radius 1 is 1.26 bits per heavy atom. The van der Waals surface area contributed by atoms with Crippen LogP contribution in [0.25, 0.3) is 6.08 Å². The standard InChI is InChI=1S/C17H11N3O6S/c21-13-6-5-10(8-11(13)16(23)24)18-17-19-15(22)14(27-17)7-9-3-1-2-4-12(9)20(25)26/h1-8,21H,(H,23,24)(H,18,19,22)/b14-7-. The fourth-order valence-electron chi connectivity index (χ4n) is 2.28. The van der Waals surface area contributed by atoms with Crippen molar-refractivity contribution < 1.29 is 24.7 Å². The summed E-state index contributed by atoms with van der Waals surface area (Å²) in [7, 11) is 0. The molecular weight excluding hydrogens is 374 g/mol. The summed E-state index contributed by atoms with van der Waals surface area (Å²) in [6.45, 7) is 0. The number of nitrogens with zero attached hydrogens (tertiary/aromatic N) is 2. The van der Waals surface area contributed by atoms with E-state index in [0.29, 0.717) is 0 Å². The minimum atomic E-state index is -1.31. The number of amidine groups is 1. The number of aromatic carboxylic acids is 1. The highest BCUT2D eigenvalue weighted by atomic mass is 32.2. The molecule has 1 heterocycles. The van der Waals surface area contributed by atoms with Crippen molar-refractivity contribution in [2.75, 3.05) is 0 Å². The first-order chi connectivity index (χ1) is 12.8. The number of nitro groups is 1. The van der Waals surface area contributed by atoms with Gasteiger partial charge in [-0.15, -0.1) is 0 Å². The monoisotopic (exact) mass is 385 g/mol. The molecule has 0 spiro atoms. The van der Waals surface area contributed by atoms with Crippen LogP contribution in [0, 0.1) is 10.1 Å². The summed E-state index contributed by atoms with van der Waals surface area (Å²) in [5.41, 5.74) is 0.0504. The quantitative estimate of drug-likeness (QED) is 0.417. The SMILES string of the molecule is O=C1NC(=Nc2ccc(O)c(C(=O)O)c2)S/C1=C\c1ccccc1[N+](=O)[O-]. The summed E-state index contributed by atoms with van der Waals surface area (Å²) in [6, 6.07) is 9.76. The second-order valence-corrected chi connectivity index (χ2v) is 6.33. The number of carboxylic acids is 1. The van der Waals surface area contributed by atoms with E-state index in [2.05, 4.69) is 10.3 Å². The second-order valence-electron chi connectivity index (χ2n) is 5.30. The summed E-state index contributed by atoms with van der Waals surface area (Å²) in [5.74, 6) is -2.18. The molecule has 0 bridgehead atoms. The molecule has 1 fully saturated rings. The molecule has 10 heteroatoms. The molecule has 2 aromatic rings. The van der Waals surface area contributed by atoms with Crippen LogP contribution < -0.4 is 5.32 Å². The van der Waals surface area contributed by atoms with Gasteiger partial charge in [0.25, 0.3) is 11.6 Å². The number of rotatable bonds is 4. The van der Waals surface area contributed by atoms with Gasteiger partial charge in [0.2, 0.25) is 0 Å². The maximum Gasteiger partial charge on any atom is 0.339 e. The molecule has 1 aliphatic rings. The van der Waals surface area contributed by atoms with E-state index in [1.807, 2.05) is 0 Å². The lowest BCUT2D eigenvalue weighted by molar-refractivity contribution is -0.385. The van der Waals surface area contributed by atoms with Crippen molar-refractivity contribution in [1.82, 2.24) is 5.32 Å². The Labute approximate surface area is 156 Å². The van der Waals surface area contributed by atoms with Crippen LogP contribution in [-0.2, 0) is 4.79 Å². The van der Waals surface area contributed by atoms with Crippen LogP contribution in [0.3, 0.4) is 0 Å². The number of carbonyl (C=O) groups is 2. The number of nitrogens with one attached hydrogen (secondary N) is 1.